The summed E-state index contributed by atoms with van der Waals surface area (Å²) in [5.74, 6) is 2.01. The van der Waals surface area contributed by atoms with Gasteiger partial charge in [0.15, 0.2) is 0 Å². The van der Waals surface area contributed by atoms with E-state index in [1.807, 2.05) is 62.4 Å². The Morgan fingerprint density at radius 1 is 0.757 bits per heavy atom. The Hall–Kier alpha value is -3.95. The molecule has 0 saturated carbocycles. The fraction of sp³-hybridized carbons (Fsp3) is 0.0968. The van der Waals surface area contributed by atoms with Crippen molar-refractivity contribution in [1.82, 2.24) is 14.5 Å². The van der Waals surface area contributed by atoms with Gasteiger partial charge in [0, 0.05) is 37.6 Å². The second-order valence-corrected chi connectivity index (χ2v) is 8.96. The van der Waals surface area contributed by atoms with Crippen molar-refractivity contribution in [2.24, 2.45) is 0 Å². The first-order valence-electron chi connectivity index (χ1n) is 11.8. The van der Waals surface area contributed by atoms with Crippen molar-refractivity contribution in [2.45, 2.75) is 6.92 Å². The number of aryl methyl sites for hydroxylation is 1. The Labute approximate surface area is 230 Å². The summed E-state index contributed by atoms with van der Waals surface area (Å²) in [6.07, 6.45) is 3.69. The average Bonchev–Trinajstić information content (AvgIpc) is 3.24. The number of anilines is 1. The summed E-state index contributed by atoms with van der Waals surface area (Å²) in [4.78, 5) is 11.2. The number of pyridine rings is 2. The van der Waals surface area contributed by atoms with Crippen LogP contribution in [-0.2, 0) is 21.1 Å². The topological polar surface area (TPSA) is 43.2 Å². The zero-order chi connectivity index (χ0) is 24.6. The van der Waals surface area contributed by atoms with Gasteiger partial charge in [0.05, 0.1) is 11.9 Å². The molecule has 0 N–H and O–H groups in total. The maximum atomic E-state index is 5.95. The first kappa shape index (κ1) is 24.7. The molecule has 0 unspecified atom stereocenters. The summed E-state index contributed by atoms with van der Waals surface area (Å²) in [6.45, 7) is 2.00. The number of aromatic nitrogens is 3. The van der Waals surface area contributed by atoms with Crippen LogP contribution < -0.4 is 9.64 Å². The Morgan fingerprint density at radius 3 is 2.35 bits per heavy atom. The fourth-order valence-corrected chi connectivity index (χ4v) is 4.35. The summed E-state index contributed by atoms with van der Waals surface area (Å²) in [5.41, 5.74) is 6.03. The van der Waals surface area contributed by atoms with Gasteiger partial charge in [0.2, 0.25) is 5.88 Å². The van der Waals surface area contributed by atoms with Crippen LogP contribution in [0.15, 0.2) is 91.3 Å². The van der Waals surface area contributed by atoms with E-state index < -0.39 is 0 Å². The minimum absolute atomic E-state index is 0. The van der Waals surface area contributed by atoms with Crippen molar-refractivity contribution in [3.8, 4) is 28.6 Å². The second-order valence-electron chi connectivity index (χ2n) is 8.96. The molecule has 0 atom stereocenters. The van der Waals surface area contributed by atoms with E-state index in [0.717, 1.165) is 44.6 Å². The third-order valence-electron chi connectivity index (χ3n) is 6.22. The average molecular weight is 664 g/mol. The molecule has 0 fully saturated rings. The standard InChI is InChI=1S/C31H24N4O.Pt/c1-21-11-16-31(33-19-21)36-25-8-6-7-22(17-25)23-12-14-27-26-9-4-5-10-28(26)35(29(27)18-23)30-15-13-24(20-32-30)34(2)3;/h4-16,19-20H,1-3H3;/q-2;+2. The number of hydrogen-bond donors (Lipinski definition) is 0. The van der Waals surface area contributed by atoms with Gasteiger partial charge in [-0.05, 0) is 41.6 Å². The second kappa shape index (κ2) is 10.2. The monoisotopic (exact) mass is 663 g/mol. The first-order valence-corrected chi connectivity index (χ1v) is 11.8. The van der Waals surface area contributed by atoms with Gasteiger partial charge in [-0.25, -0.2) is 21.1 Å². The van der Waals surface area contributed by atoms with Gasteiger partial charge in [-0.1, -0.05) is 29.7 Å². The van der Waals surface area contributed by atoms with E-state index in [2.05, 4.69) is 70.2 Å². The van der Waals surface area contributed by atoms with Crippen molar-refractivity contribution in [1.29, 1.82) is 0 Å². The number of para-hydroxylation sites is 1. The molecular weight excluding hydrogens is 639 g/mol. The molecule has 0 spiro atoms. The molecule has 3 aromatic heterocycles. The van der Waals surface area contributed by atoms with Gasteiger partial charge < -0.3 is 14.2 Å². The maximum Gasteiger partial charge on any atom is 2.00 e. The van der Waals surface area contributed by atoms with Crippen molar-refractivity contribution in [2.75, 3.05) is 19.0 Å². The Kier molecular flexibility index (Phi) is 6.81. The molecule has 6 aromatic rings. The Bertz CT molecular complexity index is 1690. The van der Waals surface area contributed by atoms with E-state index in [1.165, 1.54) is 5.39 Å². The van der Waals surface area contributed by atoms with Crippen LogP contribution in [0.4, 0.5) is 5.69 Å². The van der Waals surface area contributed by atoms with Gasteiger partial charge in [0.1, 0.15) is 5.82 Å². The molecule has 0 aliphatic rings. The molecule has 0 aliphatic heterocycles. The number of hydrogen-bond acceptors (Lipinski definition) is 4. The van der Waals surface area contributed by atoms with E-state index in [1.54, 1.807) is 6.20 Å². The zero-order valence-electron chi connectivity index (χ0n) is 20.7. The predicted molar refractivity (Wildman–Crippen MR) is 145 cm³/mol. The molecular formula is C31H24N4OPt. The minimum atomic E-state index is 0. The molecule has 184 valence electrons. The number of fused-ring (bicyclic) bond motifs is 3. The Morgan fingerprint density at radius 2 is 1.59 bits per heavy atom. The Balaban J connectivity index is 0.00000280. The van der Waals surface area contributed by atoms with Crippen LogP contribution in [0.25, 0.3) is 38.8 Å². The zero-order valence-corrected chi connectivity index (χ0v) is 22.9. The van der Waals surface area contributed by atoms with Gasteiger partial charge >= 0.3 is 21.1 Å². The van der Waals surface area contributed by atoms with Gasteiger partial charge in [-0.2, -0.15) is 24.3 Å². The smallest absolute Gasteiger partial charge is 0.460 e. The van der Waals surface area contributed by atoms with E-state index in [9.17, 15) is 0 Å². The van der Waals surface area contributed by atoms with Gasteiger partial charge in [-0.15, -0.1) is 18.2 Å². The van der Waals surface area contributed by atoms with Crippen molar-refractivity contribution < 1.29 is 25.8 Å². The van der Waals surface area contributed by atoms with Crippen molar-refractivity contribution in [3.05, 3.63) is 109 Å². The molecule has 0 saturated heterocycles. The molecule has 3 heterocycles. The summed E-state index contributed by atoms with van der Waals surface area (Å²) >= 11 is 0. The largest absolute Gasteiger partial charge is 2.00 e. The third-order valence-corrected chi connectivity index (χ3v) is 6.22. The van der Waals surface area contributed by atoms with Crippen LogP contribution in [0.3, 0.4) is 0 Å². The van der Waals surface area contributed by atoms with Crippen LogP contribution in [0, 0.1) is 19.1 Å². The number of benzene rings is 3. The normalized spacial score (nSPS) is 10.9. The van der Waals surface area contributed by atoms with Crippen molar-refractivity contribution >= 4 is 27.5 Å². The quantitative estimate of drug-likeness (QED) is 0.186. The van der Waals surface area contributed by atoms with Crippen LogP contribution in [-0.4, -0.2) is 28.6 Å². The summed E-state index contributed by atoms with van der Waals surface area (Å²) in [5, 5.41) is 2.30. The molecule has 0 radical (unpaired) electrons. The van der Waals surface area contributed by atoms with Gasteiger partial charge in [0.25, 0.3) is 0 Å². The number of nitrogens with zero attached hydrogens (tertiary/aromatic N) is 4. The molecule has 0 bridgehead atoms. The molecule has 37 heavy (non-hydrogen) atoms. The van der Waals surface area contributed by atoms with Crippen LogP contribution in [0.2, 0.25) is 0 Å². The van der Waals surface area contributed by atoms with Crippen molar-refractivity contribution in [3.63, 3.8) is 0 Å². The number of rotatable bonds is 5. The third kappa shape index (κ3) is 4.75. The van der Waals surface area contributed by atoms with E-state index in [4.69, 9.17) is 9.72 Å². The molecule has 0 amide bonds. The maximum absolute atomic E-state index is 5.95. The molecule has 6 heteroatoms. The SMILES string of the molecule is Cc1ccc(Oc2[c-]c(-c3[c-]c4c(cc3)c3ccccc3n4-c3ccc(N(C)C)cn3)ccc2)nc1.[Pt+2]. The molecule has 5 nitrogen and oxygen atoms in total. The predicted octanol–water partition coefficient (Wildman–Crippen LogP) is 7.01. The van der Waals surface area contributed by atoms with E-state index in [-0.39, 0.29) is 21.1 Å². The van der Waals surface area contributed by atoms with Gasteiger partial charge in [-0.3, -0.25) is 0 Å². The van der Waals surface area contributed by atoms with E-state index >= 15 is 0 Å². The van der Waals surface area contributed by atoms with Crippen LogP contribution in [0.5, 0.6) is 11.6 Å². The minimum Gasteiger partial charge on any atom is -0.460 e. The molecule has 6 rings (SSSR count). The van der Waals surface area contributed by atoms with Crippen LogP contribution >= 0.6 is 0 Å². The number of ether oxygens (including phenoxy) is 1. The summed E-state index contributed by atoms with van der Waals surface area (Å²) in [6, 6.07) is 33.5. The summed E-state index contributed by atoms with van der Waals surface area (Å²) < 4.78 is 8.13. The van der Waals surface area contributed by atoms with E-state index in [0.29, 0.717) is 11.6 Å². The molecule has 3 aromatic carbocycles. The summed E-state index contributed by atoms with van der Waals surface area (Å²) in [7, 11) is 4.03. The van der Waals surface area contributed by atoms with Crippen LogP contribution in [0.1, 0.15) is 5.56 Å². The first-order chi connectivity index (χ1) is 17.6. The fourth-order valence-electron chi connectivity index (χ4n) is 4.35. The molecule has 0 aliphatic carbocycles.